The molecule has 1 aliphatic rings. The molecule has 5 heteroatoms. The standard InChI is InChI=1S/C11H21N3OS/c1-9(2)13-11(16)12-6-4-8-14-7-3-5-10(14)15/h9H,3-8H2,1-2H3,(H2,12,13,16). The zero-order valence-corrected chi connectivity index (χ0v) is 10.9. The van der Waals surface area contributed by atoms with Crippen LogP contribution in [0.2, 0.25) is 0 Å². The third kappa shape index (κ3) is 4.79. The van der Waals surface area contributed by atoms with Crippen LogP contribution in [0.25, 0.3) is 0 Å². The lowest BCUT2D eigenvalue weighted by Crippen LogP contribution is -2.40. The monoisotopic (exact) mass is 243 g/mol. The summed E-state index contributed by atoms with van der Waals surface area (Å²) in [4.78, 5) is 13.2. The molecular weight excluding hydrogens is 222 g/mol. The maximum absolute atomic E-state index is 11.3. The molecule has 0 unspecified atom stereocenters. The summed E-state index contributed by atoms with van der Waals surface area (Å²) < 4.78 is 0. The number of thiocarbonyl (C=S) groups is 1. The van der Waals surface area contributed by atoms with Gasteiger partial charge in [0.2, 0.25) is 5.91 Å². The first-order chi connectivity index (χ1) is 7.59. The van der Waals surface area contributed by atoms with E-state index in [1.165, 1.54) is 0 Å². The summed E-state index contributed by atoms with van der Waals surface area (Å²) in [5.41, 5.74) is 0. The highest BCUT2D eigenvalue weighted by molar-refractivity contribution is 7.80. The lowest BCUT2D eigenvalue weighted by Gasteiger charge is -2.16. The predicted octanol–water partition coefficient (Wildman–Crippen LogP) is 0.871. The van der Waals surface area contributed by atoms with Crippen LogP contribution in [-0.2, 0) is 4.79 Å². The maximum atomic E-state index is 11.3. The van der Waals surface area contributed by atoms with Crippen LogP contribution in [0.1, 0.15) is 33.1 Å². The van der Waals surface area contributed by atoms with Gasteiger partial charge in [-0.25, -0.2) is 0 Å². The third-order valence-corrected chi connectivity index (χ3v) is 2.74. The number of amides is 1. The van der Waals surface area contributed by atoms with Crippen LogP contribution in [0, 0.1) is 0 Å². The van der Waals surface area contributed by atoms with E-state index in [2.05, 4.69) is 24.5 Å². The van der Waals surface area contributed by atoms with E-state index in [1.807, 2.05) is 4.90 Å². The zero-order valence-electron chi connectivity index (χ0n) is 10.1. The molecule has 0 saturated carbocycles. The summed E-state index contributed by atoms with van der Waals surface area (Å²) in [6.07, 6.45) is 2.69. The van der Waals surface area contributed by atoms with Crippen LogP contribution in [0.3, 0.4) is 0 Å². The molecule has 0 aromatic rings. The van der Waals surface area contributed by atoms with Crippen molar-refractivity contribution in [2.45, 2.75) is 39.2 Å². The Morgan fingerprint density at radius 3 is 2.88 bits per heavy atom. The highest BCUT2D eigenvalue weighted by Crippen LogP contribution is 2.09. The minimum absolute atomic E-state index is 0.294. The fourth-order valence-electron chi connectivity index (χ4n) is 1.73. The average Bonchev–Trinajstić information content (AvgIpc) is 2.58. The van der Waals surface area contributed by atoms with Gasteiger partial charge in [-0.1, -0.05) is 0 Å². The number of nitrogens with zero attached hydrogens (tertiary/aromatic N) is 1. The SMILES string of the molecule is CC(C)NC(=S)NCCCN1CCCC1=O. The fraction of sp³-hybridized carbons (Fsp3) is 0.818. The summed E-state index contributed by atoms with van der Waals surface area (Å²) in [5.74, 6) is 0.294. The minimum atomic E-state index is 0.294. The summed E-state index contributed by atoms with van der Waals surface area (Å²) in [6.45, 7) is 6.69. The molecule has 16 heavy (non-hydrogen) atoms. The van der Waals surface area contributed by atoms with E-state index in [9.17, 15) is 4.79 Å². The highest BCUT2D eigenvalue weighted by atomic mass is 32.1. The van der Waals surface area contributed by atoms with Gasteiger partial charge in [0.25, 0.3) is 0 Å². The average molecular weight is 243 g/mol. The van der Waals surface area contributed by atoms with Crippen molar-refractivity contribution in [3.63, 3.8) is 0 Å². The van der Waals surface area contributed by atoms with Crippen molar-refractivity contribution in [1.29, 1.82) is 0 Å². The number of carbonyl (C=O) groups is 1. The molecule has 92 valence electrons. The molecule has 1 fully saturated rings. The summed E-state index contributed by atoms with van der Waals surface area (Å²) in [7, 11) is 0. The number of hydrogen-bond donors (Lipinski definition) is 2. The predicted molar refractivity (Wildman–Crippen MR) is 69.3 cm³/mol. The van der Waals surface area contributed by atoms with Gasteiger partial charge in [0, 0.05) is 32.1 Å². The van der Waals surface area contributed by atoms with Crippen LogP contribution in [0.5, 0.6) is 0 Å². The summed E-state index contributed by atoms with van der Waals surface area (Å²) >= 11 is 5.10. The Morgan fingerprint density at radius 2 is 2.31 bits per heavy atom. The molecule has 2 N–H and O–H groups in total. The Balaban J connectivity index is 2.03. The van der Waals surface area contributed by atoms with Gasteiger partial charge in [-0.3, -0.25) is 4.79 Å². The summed E-state index contributed by atoms with van der Waals surface area (Å²) in [5, 5.41) is 6.95. The number of nitrogens with one attached hydrogen (secondary N) is 2. The van der Waals surface area contributed by atoms with E-state index in [0.29, 0.717) is 17.1 Å². The largest absolute Gasteiger partial charge is 0.363 e. The smallest absolute Gasteiger partial charge is 0.222 e. The molecule has 0 aromatic heterocycles. The molecule has 0 atom stereocenters. The molecule has 0 aliphatic carbocycles. The molecule has 0 bridgehead atoms. The molecule has 0 radical (unpaired) electrons. The quantitative estimate of drug-likeness (QED) is 0.555. The van der Waals surface area contributed by atoms with Crippen LogP contribution >= 0.6 is 12.2 Å². The van der Waals surface area contributed by atoms with Gasteiger partial charge >= 0.3 is 0 Å². The Morgan fingerprint density at radius 1 is 1.56 bits per heavy atom. The molecule has 1 amide bonds. The third-order valence-electron chi connectivity index (χ3n) is 2.48. The van der Waals surface area contributed by atoms with Crippen molar-refractivity contribution >= 4 is 23.2 Å². The Bertz CT molecular complexity index is 256. The molecule has 1 aliphatic heterocycles. The highest BCUT2D eigenvalue weighted by Gasteiger charge is 2.18. The molecule has 1 heterocycles. The molecule has 1 saturated heterocycles. The molecule has 0 spiro atoms. The van der Waals surface area contributed by atoms with Crippen molar-refractivity contribution in [2.75, 3.05) is 19.6 Å². The maximum Gasteiger partial charge on any atom is 0.222 e. The minimum Gasteiger partial charge on any atom is -0.363 e. The van der Waals surface area contributed by atoms with Gasteiger partial charge in [-0.05, 0) is 38.9 Å². The first kappa shape index (κ1) is 13.2. The lowest BCUT2D eigenvalue weighted by atomic mass is 10.4. The van der Waals surface area contributed by atoms with Gasteiger partial charge in [-0.15, -0.1) is 0 Å². The van der Waals surface area contributed by atoms with Gasteiger partial charge in [-0.2, -0.15) is 0 Å². The topological polar surface area (TPSA) is 44.4 Å². The van der Waals surface area contributed by atoms with Crippen LogP contribution in [0.4, 0.5) is 0 Å². The van der Waals surface area contributed by atoms with Gasteiger partial charge in [0.1, 0.15) is 0 Å². The van der Waals surface area contributed by atoms with E-state index in [4.69, 9.17) is 12.2 Å². The molecule has 1 rings (SSSR count). The first-order valence-electron chi connectivity index (χ1n) is 5.91. The second-order valence-corrected chi connectivity index (χ2v) is 4.80. The van der Waals surface area contributed by atoms with E-state index in [-0.39, 0.29) is 0 Å². The Kier molecular flexibility index (Phi) is 5.52. The van der Waals surface area contributed by atoms with E-state index in [0.717, 1.165) is 38.9 Å². The normalized spacial score (nSPS) is 15.7. The summed E-state index contributed by atoms with van der Waals surface area (Å²) in [6, 6.07) is 0.361. The fourth-order valence-corrected chi connectivity index (χ4v) is 2.06. The van der Waals surface area contributed by atoms with Crippen LogP contribution in [-0.4, -0.2) is 41.6 Å². The lowest BCUT2D eigenvalue weighted by molar-refractivity contribution is -0.127. The van der Waals surface area contributed by atoms with Gasteiger partial charge in [0.05, 0.1) is 0 Å². The van der Waals surface area contributed by atoms with E-state index >= 15 is 0 Å². The first-order valence-corrected chi connectivity index (χ1v) is 6.32. The Labute approximate surface area is 103 Å². The van der Waals surface area contributed by atoms with Crippen LogP contribution < -0.4 is 10.6 Å². The molecule has 4 nitrogen and oxygen atoms in total. The van der Waals surface area contributed by atoms with Crippen molar-refractivity contribution in [1.82, 2.24) is 15.5 Å². The van der Waals surface area contributed by atoms with Crippen LogP contribution in [0.15, 0.2) is 0 Å². The number of hydrogen-bond acceptors (Lipinski definition) is 2. The zero-order chi connectivity index (χ0) is 12.0. The molecular formula is C11H21N3OS. The van der Waals surface area contributed by atoms with Crippen molar-refractivity contribution < 1.29 is 4.79 Å². The second-order valence-electron chi connectivity index (χ2n) is 4.39. The Hall–Kier alpha value is -0.840. The molecule has 0 aromatic carbocycles. The van der Waals surface area contributed by atoms with Crippen molar-refractivity contribution in [3.05, 3.63) is 0 Å². The second kappa shape index (κ2) is 6.68. The number of likely N-dealkylation sites (tertiary alicyclic amines) is 1. The van der Waals surface area contributed by atoms with Crippen molar-refractivity contribution in [2.24, 2.45) is 0 Å². The van der Waals surface area contributed by atoms with E-state index in [1.54, 1.807) is 0 Å². The number of rotatable bonds is 5. The van der Waals surface area contributed by atoms with E-state index < -0.39 is 0 Å². The number of carbonyl (C=O) groups excluding carboxylic acids is 1. The van der Waals surface area contributed by atoms with Gasteiger partial charge < -0.3 is 15.5 Å². The van der Waals surface area contributed by atoms with Gasteiger partial charge in [0.15, 0.2) is 5.11 Å². The van der Waals surface area contributed by atoms with Crippen molar-refractivity contribution in [3.8, 4) is 0 Å².